The van der Waals surface area contributed by atoms with Gasteiger partial charge in [0, 0.05) is 7.11 Å². The number of ether oxygens (including phenoxy) is 3. The first kappa shape index (κ1) is 16.0. The van der Waals surface area contributed by atoms with Gasteiger partial charge in [-0.2, -0.15) is 0 Å². The van der Waals surface area contributed by atoms with E-state index in [2.05, 4.69) is 0 Å². The molecule has 0 aromatic heterocycles. The number of anilines is 1. The van der Waals surface area contributed by atoms with Gasteiger partial charge in [-0.3, -0.25) is 0 Å². The summed E-state index contributed by atoms with van der Waals surface area (Å²) in [4.78, 5) is 11.8. The van der Waals surface area contributed by atoms with E-state index < -0.39 is 5.97 Å². The molecule has 1 aromatic carbocycles. The number of nitrogen functional groups attached to an aromatic ring is 1. The van der Waals surface area contributed by atoms with Crippen LogP contribution >= 0.6 is 23.2 Å². The number of hydrogen-bond acceptors (Lipinski definition) is 5. The molecule has 0 aliphatic heterocycles. The lowest BCUT2D eigenvalue weighted by molar-refractivity contribution is 0.0214. The Bertz CT molecular complexity index is 440. The second-order valence-electron chi connectivity index (χ2n) is 3.56. The van der Waals surface area contributed by atoms with E-state index in [1.807, 2.05) is 0 Å². The molecule has 0 aliphatic rings. The smallest absolute Gasteiger partial charge is 0.341 e. The van der Waals surface area contributed by atoms with E-state index in [0.29, 0.717) is 13.2 Å². The summed E-state index contributed by atoms with van der Waals surface area (Å²) in [5, 5.41) is 0.458. The van der Waals surface area contributed by atoms with Crippen LogP contribution in [-0.4, -0.2) is 39.5 Å². The Morgan fingerprint density at radius 1 is 1.16 bits per heavy atom. The summed E-state index contributed by atoms with van der Waals surface area (Å²) in [6.45, 7) is 1.30. The van der Waals surface area contributed by atoms with Crippen LogP contribution in [0.5, 0.6) is 0 Å². The van der Waals surface area contributed by atoms with Gasteiger partial charge >= 0.3 is 5.97 Å². The normalized spacial score (nSPS) is 10.5. The van der Waals surface area contributed by atoms with Gasteiger partial charge in [-0.1, -0.05) is 23.2 Å². The van der Waals surface area contributed by atoms with Crippen LogP contribution in [-0.2, 0) is 14.2 Å². The molecule has 0 saturated heterocycles. The molecule has 0 saturated carbocycles. The van der Waals surface area contributed by atoms with Crippen molar-refractivity contribution < 1.29 is 19.0 Å². The summed E-state index contributed by atoms with van der Waals surface area (Å²) in [5.74, 6) is -0.625. The summed E-state index contributed by atoms with van der Waals surface area (Å²) in [5.41, 5.74) is 5.87. The fourth-order valence-corrected chi connectivity index (χ4v) is 1.68. The molecule has 2 N–H and O–H groups in total. The molecule has 1 rings (SSSR count). The molecule has 0 aliphatic carbocycles. The molecular weight excluding hydrogens is 293 g/mol. The molecule has 106 valence electrons. The maximum Gasteiger partial charge on any atom is 0.341 e. The Kier molecular flexibility index (Phi) is 6.94. The predicted molar refractivity (Wildman–Crippen MR) is 73.9 cm³/mol. The molecule has 7 heteroatoms. The Morgan fingerprint density at radius 2 is 1.79 bits per heavy atom. The van der Waals surface area contributed by atoms with E-state index >= 15 is 0 Å². The average molecular weight is 308 g/mol. The molecule has 0 bridgehead atoms. The van der Waals surface area contributed by atoms with Crippen molar-refractivity contribution >= 4 is 34.9 Å². The van der Waals surface area contributed by atoms with Crippen LogP contribution in [0.15, 0.2) is 12.1 Å². The Hall–Kier alpha value is -1.01. The van der Waals surface area contributed by atoms with Crippen LogP contribution in [0.2, 0.25) is 10.0 Å². The van der Waals surface area contributed by atoms with Crippen LogP contribution < -0.4 is 5.73 Å². The van der Waals surface area contributed by atoms with E-state index in [4.69, 9.17) is 43.1 Å². The number of nitrogens with two attached hydrogens (primary N) is 1. The van der Waals surface area contributed by atoms with E-state index in [0.717, 1.165) is 0 Å². The van der Waals surface area contributed by atoms with Crippen molar-refractivity contribution in [3.05, 3.63) is 27.7 Å². The maximum atomic E-state index is 11.8. The largest absolute Gasteiger partial charge is 0.460 e. The first-order chi connectivity index (χ1) is 9.07. The lowest BCUT2D eigenvalue weighted by Gasteiger charge is -2.10. The van der Waals surface area contributed by atoms with Gasteiger partial charge in [-0.25, -0.2) is 4.79 Å². The topological polar surface area (TPSA) is 70.8 Å². The van der Waals surface area contributed by atoms with Crippen molar-refractivity contribution in [1.82, 2.24) is 0 Å². The minimum Gasteiger partial charge on any atom is -0.460 e. The lowest BCUT2D eigenvalue weighted by atomic mass is 10.2. The van der Waals surface area contributed by atoms with E-state index in [1.165, 1.54) is 12.1 Å². The predicted octanol–water partition coefficient (Wildman–Crippen LogP) is 2.40. The summed E-state index contributed by atoms with van der Waals surface area (Å²) < 4.78 is 15.0. The zero-order valence-electron chi connectivity index (χ0n) is 10.4. The van der Waals surface area contributed by atoms with Gasteiger partial charge < -0.3 is 19.9 Å². The Balaban J connectivity index is 2.48. The van der Waals surface area contributed by atoms with E-state index in [1.54, 1.807) is 7.11 Å². The standard InChI is InChI=1S/C12H15Cl2NO4/c1-17-4-5-18-6-7-19-12(16)10-8(13)2-3-9(14)11(10)15/h2-3H,4-7,15H2,1H3. The number of benzene rings is 1. The maximum absolute atomic E-state index is 11.8. The first-order valence-electron chi connectivity index (χ1n) is 5.55. The minimum absolute atomic E-state index is 0.0751. The molecule has 0 heterocycles. The van der Waals surface area contributed by atoms with Gasteiger partial charge in [0.25, 0.3) is 0 Å². The number of carbonyl (C=O) groups excluding carboxylic acids is 1. The van der Waals surface area contributed by atoms with Crippen LogP contribution in [0, 0.1) is 0 Å². The first-order valence-corrected chi connectivity index (χ1v) is 6.30. The van der Waals surface area contributed by atoms with Gasteiger partial charge in [0.15, 0.2) is 0 Å². The lowest BCUT2D eigenvalue weighted by Crippen LogP contribution is -2.14. The minimum atomic E-state index is -0.625. The molecule has 0 amide bonds. The van der Waals surface area contributed by atoms with Gasteiger partial charge in [0.05, 0.1) is 35.6 Å². The zero-order valence-corrected chi connectivity index (χ0v) is 12.0. The highest BCUT2D eigenvalue weighted by Gasteiger charge is 2.17. The van der Waals surface area contributed by atoms with Crippen molar-refractivity contribution in [3.63, 3.8) is 0 Å². The Labute approximate surface area is 121 Å². The van der Waals surface area contributed by atoms with Crippen molar-refractivity contribution in [2.45, 2.75) is 0 Å². The van der Waals surface area contributed by atoms with Gasteiger partial charge in [-0.05, 0) is 12.1 Å². The molecule has 19 heavy (non-hydrogen) atoms. The highest BCUT2D eigenvalue weighted by atomic mass is 35.5. The van der Waals surface area contributed by atoms with E-state index in [9.17, 15) is 4.79 Å². The molecule has 0 unspecified atom stereocenters. The third-order valence-electron chi connectivity index (χ3n) is 2.24. The molecule has 0 atom stereocenters. The molecule has 0 spiro atoms. The molecule has 1 aromatic rings. The summed E-state index contributed by atoms with van der Waals surface area (Å²) >= 11 is 11.7. The van der Waals surface area contributed by atoms with Gasteiger partial charge in [-0.15, -0.1) is 0 Å². The number of esters is 1. The third-order valence-corrected chi connectivity index (χ3v) is 2.88. The van der Waals surface area contributed by atoms with Crippen molar-refractivity contribution in [2.75, 3.05) is 39.3 Å². The second kappa shape index (κ2) is 8.22. The SMILES string of the molecule is COCCOCCOC(=O)c1c(Cl)ccc(Cl)c1N. The van der Waals surface area contributed by atoms with Crippen molar-refractivity contribution in [3.8, 4) is 0 Å². The highest BCUT2D eigenvalue weighted by Crippen LogP contribution is 2.29. The van der Waals surface area contributed by atoms with Gasteiger partial charge in [0.1, 0.15) is 12.2 Å². The fourth-order valence-electron chi connectivity index (χ4n) is 1.28. The monoisotopic (exact) mass is 307 g/mol. The molecule has 5 nitrogen and oxygen atoms in total. The Morgan fingerprint density at radius 3 is 2.47 bits per heavy atom. The quantitative estimate of drug-likeness (QED) is 0.476. The van der Waals surface area contributed by atoms with Crippen molar-refractivity contribution in [1.29, 1.82) is 0 Å². The molecule has 0 fully saturated rings. The second-order valence-corrected chi connectivity index (χ2v) is 4.37. The van der Waals surface area contributed by atoms with Crippen LogP contribution in [0.25, 0.3) is 0 Å². The number of halogens is 2. The summed E-state index contributed by atoms with van der Waals surface area (Å²) in [6, 6.07) is 3.01. The van der Waals surface area contributed by atoms with Crippen LogP contribution in [0.3, 0.4) is 0 Å². The number of methoxy groups -OCH3 is 1. The van der Waals surface area contributed by atoms with Crippen LogP contribution in [0.1, 0.15) is 10.4 Å². The fraction of sp³-hybridized carbons (Fsp3) is 0.417. The average Bonchev–Trinajstić information content (AvgIpc) is 2.38. The van der Waals surface area contributed by atoms with E-state index in [-0.39, 0.29) is 34.5 Å². The third kappa shape index (κ3) is 4.87. The molecule has 0 radical (unpaired) electrons. The number of hydrogen-bond donors (Lipinski definition) is 1. The molecular formula is C12H15Cl2NO4. The van der Waals surface area contributed by atoms with Crippen LogP contribution in [0.4, 0.5) is 5.69 Å². The number of carbonyl (C=O) groups is 1. The summed E-state index contributed by atoms with van der Waals surface area (Å²) in [7, 11) is 1.58. The number of rotatable bonds is 7. The zero-order chi connectivity index (χ0) is 14.3. The van der Waals surface area contributed by atoms with Gasteiger partial charge in [0.2, 0.25) is 0 Å². The van der Waals surface area contributed by atoms with Crippen molar-refractivity contribution in [2.24, 2.45) is 0 Å². The summed E-state index contributed by atoms with van der Waals surface area (Å²) in [6.07, 6.45) is 0. The highest BCUT2D eigenvalue weighted by molar-refractivity contribution is 6.38.